The Balaban J connectivity index is 1.42. The van der Waals surface area contributed by atoms with Crippen LogP contribution in [0.1, 0.15) is 0 Å². The van der Waals surface area contributed by atoms with Crippen molar-refractivity contribution in [1.29, 1.82) is 0 Å². The van der Waals surface area contributed by atoms with Crippen molar-refractivity contribution in [2.45, 2.75) is 0 Å². The van der Waals surface area contributed by atoms with Crippen molar-refractivity contribution in [3.63, 3.8) is 0 Å². The quantitative estimate of drug-likeness (QED) is 0.300. The van der Waals surface area contributed by atoms with Gasteiger partial charge in [-0.3, -0.25) is 0 Å². The third kappa shape index (κ3) is 3.86. The highest BCUT2D eigenvalue weighted by molar-refractivity contribution is 5.85. The van der Waals surface area contributed by atoms with E-state index in [1.165, 1.54) is 33.4 Å². The molecule has 0 unspecified atom stereocenters. The van der Waals surface area contributed by atoms with Crippen LogP contribution < -0.4 is 11.5 Å². The monoisotopic (exact) mass is 412 g/mol. The molecule has 5 aromatic rings. The standard InChI is InChI=1S/C30H24N2/c31-29-11-5-10-28(30(29)32)25-18-16-24(17-19-25)27-9-4-8-26(20-27)23-14-12-22(13-15-23)21-6-2-1-3-7-21/h1-20H,31-32H2. The van der Waals surface area contributed by atoms with Gasteiger partial charge in [0.05, 0.1) is 11.4 Å². The summed E-state index contributed by atoms with van der Waals surface area (Å²) in [6, 6.07) is 42.1. The molecule has 0 spiro atoms. The SMILES string of the molecule is Nc1cccc(-c2ccc(-c3cccc(-c4ccc(-c5ccccc5)cc4)c3)cc2)c1N. The van der Waals surface area contributed by atoms with Crippen molar-refractivity contribution in [2.75, 3.05) is 11.5 Å². The Morgan fingerprint density at radius 3 is 1.38 bits per heavy atom. The first-order valence-electron chi connectivity index (χ1n) is 10.7. The van der Waals surface area contributed by atoms with Gasteiger partial charge in [0.1, 0.15) is 0 Å². The summed E-state index contributed by atoms with van der Waals surface area (Å²) in [4.78, 5) is 0. The smallest absolute Gasteiger partial charge is 0.0627 e. The molecule has 0 aromatic heterocycles. The summed E-state index contributed by atoms with van der Waals surface area (Å²) < 4.78 is 0. The predicted octanol–water partition coefficient (Wildman–Crippen LogP) is 7.52. The Labute approximate surface area is 188 Å². The lowest BCUT2D eigenvalue weighted by Gasteiger charge is -2.10. The molecule has 0 heterocycles. The van der Waals surface area contributed by atoms with Crippen LogP contribution in [0.3, 0.4) is 0 Å². The number of nitrogen functional groups attached to an aromatic ring is 2. The summed E-state index contributed by atoms with van der Waals surface area (Å²) in [6.45, 7) is 0. The summed E-state index contributed by atoms with van der Waals surface area (Å²) in [6.07, 6.45) is 0. The number of para-hydroxylation sites is 1. The third-order valence-corrected chi connectivity index (χ3v) is 5.86. The zero-order chi connectivity index (χ0) is 21.9. The van der Waals surface area contributed by atoms with E-state index < -0.39 is 0 Å². The normalized spacial score (nSPS) is 10.8. The summed E-state index contributed by atoms with van der Waals surface area (Å²) >= 11 is 0. The van der Waals surface area contributed by atoms with Crippen LogP contribution in [0.4, 0.5) is 11.4 Å². The topological polar surface area (TPSA) is 52.0 Å². The zero-order valence-electron chi connectivity index (χ0n) is 17.7. The van der Waals surface area contributed by atoms with Gasteiger partial charge < -0.3 is 11.5 Å². The van der Waals surface area contributed by atoms with Crippen molar-refractivity contribution in [3.05, 3.63) is 121 Å². The molecule has 0 bridgehead atoms. The largest absolute Gasteiger partial charge is 0.397 e. The molecule has 0 fully saturated rings. The fraction of sp³-hybridized carbons (Fsp3) is 0. The van der Waals surface area contributed by atoms with Crippen LogP contribution in [0.25, 0.3) is 44.5 Å². The van der Waals surface area contributed by atoms with Crippen molar-refractivity contribution < 1.29 is 0 Å². The molecule has 2 heteroatoms. The van der Waals surface area contributed by atoms with E-state index in [0.29, 0.717) is 11.4 Å². The van der Waals surface area contributed by atoms with Gasteiger partial charge in [-0.05, 0) is 51.1 Å². The van der Waals surface area contributed by atoms with Crippen molar-refractivity contribution in [3.8, 4) is 44.5 Å². The molecule has 0 aliphatic rings. The second kappa shape index (κ2) is 8.44. The molecule has 5 aromatic carbocycles. The number of hydrogen-bond donors (Lipinski definition) is 2. The minimum atomic E-state index is 0.609. The number of anilines is 2. The molecule has 0 saturated heterocycles. The summed E-state index contributed by atoms with van der Waals surface area (Å²) in [7, 11) is 0. The summed E-state index contributed by atoms with van der Waals surface area (Å²) in [5.74, 6) is 0. The maximum Gasteiger partial charge on any atom is 0.0627 e. The van der Waals surface area contributed by atoms with Gasteiger partial charge in [-0.2, -0.15) is 0 Å². The lowest BCUT2D eigenvalue weighted by atomic mass is 9.95. The fourth-order valence-electron chi connectivity index (χ4n) is 4.04. The molecule has 2 nitrogen and oxygen atoms in total. The highest BCUT2D eigenvalue weighted by Crippen LogP contribution is 2.33. The van der Waals surface area contributed by atoms with Crippen LogP contribution in [0.5, 0.6) is 0 Å². The van der Waals surface area contributed by atoms with Crippen molar-refractivity contribution >= 4 is 11.4 Å². The number of nitrogens with two attached hydrogens (primary N) is 2. The van der Waals surface area contributed by atoms with Crippen LogP contribution >= 0.6 is 0 Å². The summed E-state index contributed by atoms with van der Waals surface area (Å²) in [5, 5.41) is 0. The van der Waals surface area contributed by atoms with E-state index in [0.717, 1.165) is 11.1 Å². The van der Waals surface area contributed by atoms with Gasteiger partial charge in [-0.25, -0.2) is 0 Å². The predicted molar refractivity (Wildman–Crippen MR) is 137 cm³/mol. The Bertz CT molecular complexity index is 1350. The van der Waals surface area contributed by atoms with Crippen LogP contribution in [-0.4, -0.2) is 0 Å². The fourth-order valence-corrected chi connectivity index (χ4v) is 4.04. The van der Waals surface area contributed by atoms with Gasteiger partial charge in [0, 0.05) is 5.56 Å². The molecule has 0 amide bonds. The Morgan fingerprint density at radius 2 is 0.781 bits per heavy atom. The second-order valence-corrected chi connectivity index (χ2v) is 7.91. The van der Waals surface area contributed by atoms with Gasteiger partial charge in [0.25, 0.3) is 0 Å². The first-order valence-corrected chi connectivity index (χ1v) is 10.7. The Kier molecular flexibility index (Phi) is 5.19. The first kappa shape index (κ1) is 19.7. The molecule has 0 aliphatic heterocycles. The Hall–Kier alpha value is -4.30. The molecule has 32 heavy (non-hydrogen) atoms. The molecule has 0 atom stereocenters. The summed E-state index contributed by atoms with van der Waals surface area (Å²) in [5.41, 5.74) is 22.6. The maximum atomic E-state index is 6.17. The van der Waals surface area contributed by atoms with E-state index in [1.54, 1.807) is 0 Å². The van der Waals surface area contributed by atoms with E-state index in [9.17, 15) is 0 Å². The van der Waals surface area contributed by atoms with Gasteiger partial charge in [-0.15, -0.1) is 0 Å². The van der Waals surface area contributed by atoms with Crippen LogP contribution in [0, 0.1) is 0 Å². The van der Waals surface area contributed by atoms with Crippen LogP contribution in [-0.2, 0) is 0 Å². The van der Waals surface area contributed by atoms with Gasteiger partial charge in [-0.1, -0.05) is 109 Å². The van der Waals surface area contributed by atoms with E-state index in [1.807, 2.05) is 24.3 Å². The molecular formula is C30H24N2. The average Bonchev–Trinajstić information content (AvgIpc) is 2.87. The lowest BCUT2D eigenvalue weighted by Crippen LogP contribution is -1.96. The van der Waals surface area contributed by atoms with Crippen molar-refractivity contribution in [1.82, 2.24) is 0 Å². The Morgan fingerprint density at radius 1 is 0.344 bits per heavy atom. The third-order valence-electron chi connectivity index (χ3n) is 5.86. The van der Waals surface area contributed by atoms with Crippen LogP contribution in [0.15, 0.2) is 121 Å². The van der Waals surface area contributed by atoms with E-state index in [4.69, 9.17) is 11.5 Å². The second-order valence-electron chi connectivity index (χ2n) is 7.91. The van der Waals surface area contributed by atoms with Gasteiger partial charge in [0.2, 0.25) is 0 Å². The molecule has 0 radical (unpaired) electrons. The van der Waals surface area contributed by atoms with Crippen LogP contribution in [0.2, 0.25) is 0 Å². The van der Waals surface area contributed by atoms with E-state index in [-0.39, 0.29) is 0 Å². The molecule has 5 rings (SSSR count). The molecular weight excluding hydrogens is 388 g/mol. The molecule has 0 aliphatic carbocycles. The van der Waals surface area contributed by atoms with E-state index in [2.05, 4.69) is 97.1 Å². The number of benzene rings is 5. The van der Waals surface area contributed by atoms with E-state index >= 15 is 0 Å². The molecule has 0 saturated carbocycles. The lowest BCUT2D eigenvalue weighted by molar-refractivity contribution is 1.56. The van der Waals surface area contributed by atoms with Gasteiger partial charge in [0.15, 0.2) is 0 Å². The average molecular weight is 413 g/mol. The minimum absolute atomic E-state index is 0.609. The maximum absolute atomic E-state index is 6.17. The minimum Gasteiger partial charge on any atom is -0.397 e. The van der Waals surface area contributed by atoms with Gasteiger partial charge >= 0.3 is 0 Å². The molecule has 4 N–H and O–H groups in total. The first-order chi connectivity index (χ1) is 15.7. The number of hydrogen-bond acceptors (Lipinski definition) is 2. The number of rotatable bonds is 4. The highest BCUT2D eigenvalue weighted by atomic mass is 14.7. The zero-order valence-corrected chi connectivity index (χ0v) is 17.7. The highest BCUT2D eigenvalue weighted by Gasteiger charge is 2.07. The molecule has 154 valence electrons. The van der Waals surface area contributed by atoms with Crippen molar-refractivity contribution in [2.24, 2.45) is 0 Å².